The quantitative estimate of drug-likeness (QED) is 0.476. The number of hydrogen-bond acceptors (Lipinski definition) is 4. The lowest BCUT2D eigenvalue weighted by atomic mass is 10.1. The van der Waals surface area contributed by atoms with Crippen LogP contribution in [0.1, 0.15) is 23.7 Å². The zero-order valence-electron chi connectivity index (χ0n) is 18.7. The van der Waals surface area contributed by atoms with Gasteiger partial charge in [0.25, 0.3) is 11.5 Å². The molecule has 0 bridgehead atoms. The van der Waals surface area contributed by atoms with E-state index < -0.39 is 0 Å². The molecule has 3 aliphatic rings. The highest BCUT2D eigenvalue weighted by atomic mass is 16.2. The molecule has 3 aliphatic heterocycles. The average molecular weight is 442 g/mol. The summed E-state index contributed by atoms with van der Waals surface area (Å²) in [5.74, 6) is -0.0733. The minimum Gasteiger partial charge on any atom is -0.368 e. The van der Waals surface area contributed by atoms with Gasteiger partial charge in [0.05, 0.1) is 16.8 Å². The summed E-state index contributed by atoms with van der Waals surface area (Å²) < 4.78 is 3.33. The first kappa shape index (κ1) is 21.0. The van der Waals surface area contributed by atoms with Crippen LogP contribution in [0.5, 0.6) is 0 Å². The lowest BCUT2D eigenvalue weighted by Gasteiger charge is -2.36. The lowest BCUT2D eigenvalue weighted by molar-refractivity contribution is 0.0746. The molecule has 0 radical (unpaired) electrons. The van der Waals surface area contributed by atoms with Gasteiger partial charge in [0.1, 0.15) is 5.69 Å². The number of carbonyl (C=O) groups is 1. The molecule has 5 rings (SSSR count). The Morgan fingerprint density at radius 3 is 2.15 bits per heavy atom. The fraction of sp³-hybridized carbons (Fsp3) is 0.269. The molecule has 0 unspecified atom stereocenters. The molecule has 0 atom stereocenters. The second-order valence-electron chi connectivity index (χ2n) is 8.34. The second kappa shape index (κ2) is 8.94. The smallest absolute Gasteiger partial charge is 0.282 e. The number of aryl methyl sites for hydroxylation is 1. The Balaban J connectivity index is 1.48. The average Bonchev–Trinajstić information content (AvgIpc) is 3.21. The molecule has 7 nitrogen and oxygen atoms in total. The second-order valence-corrected chi connectivity index (χ2v) is 8.34. The Bertz CT molecular complexity index is 1270. The molecule has 1 saturated heterocycles. The highest BCUT2D eigenvalue weighted by molar-refractivity contribution is 6.00. The topological polar surface area (TPSA) is 63.4 Å². The summed E-state index contributed by atoms with van der Waals surface area (Å²) in [6, 6.07) is 19.6. The highest BCUT2D eigenvalue weighted by Gasteiger charge is 2.29. The van der Waals surface area contributed by atoms with Crippen molar-refractivity contribution in [3.05, 3.63) is 89.0 Å². The van der Waals surface area contributed by atoms with Gasteiger partial charge in [0, 0.05) is 50.8 Å². The summed E-state index contributed by atoms with van der Waals surface area (Å²) in [4.78, 5) is 31.0. The van der Waals surface area contributed by atoms with Crippen molar-refractivity contribution in [1.82, 2.24) is 19.2 Å². The minimum absolute atomic E-state index is 0.0733. The number of fused-ring (bicyclic) bond motifs is 1. The SMILES string of the molecule is CCCn1cc(C(=O)N2CCN(c3ccccc3)CC2)c2nn(-c3ccccc3)c(=O)c-2c1. The molecule has 0 aromatic heterocycles. The molecular formula is C26H27N5O2. The van der Waals surface area contributed by atoms with Gasteiger partial charge in [-0.1, -0.05) is 43.3 Å². The summed E-state index contributed by atoms with van der Waals surface area (Å²) >= 11 is 0. The number of hydrogen-bond donors (Lipinski definition) is 0. The van der Waals surface area contributed by atoms with Gasteiger partial charge in [-0.25, -0.2) is 0 Å². The Morgan fingerprint density at radius 2 is 1.52 bits per heavy atom. The number of rotatable bonds is 5. The molecular weight excluding hydrogens is 414 g/mol. The van der Waals surface area contributed by atoms with Crippen LogP contribution in [-0.4, -0.2) is 51.3 Å². The number of benzene rings is 2. The van der Waals surface area contributed by atoms with Crippen molar-refractivity contribution in [2.24, 2.45) is 0 Å². The largest absolute Gasteiger partial charge is 0.368 e. The van der Waals surface area contributed by atoms with Crippen molar-refractivity contribution in [3.63, 3.8) is 0 Å². The summed E-state index contributed by atoms with van der Waals surface area (Å²) in [5, 5.41) is 4.60. The van der Waals surface area contributed by atoms with Gasteiger partial charge in [-0.05, 0) is 30.7 Å². The fourth-order valence-electron chi connectivity index (χ4n) is 4.42. The van der Waals surface area contributed by atoms with E-state index in [1.165, 1.54) is 10.4 Å². The van der Waals surface area contributed by atoms with Crippen LogP contribution in [0.2, 0.25) is 0 Å². The first-order valence-corrected chi connectivity index (χ1v) is 11.4. The number of amides is 1. The predicted octanol–water partition coefficient (Wildman–Crippen LogP) is 3.51. The standard InChI is InChI=1S/C26H27N5O2/c1-2-13-28-18-22(24-23(19-28)26(33)31(27-24)21-11-7-4-8-12-21)25(32)30-16-14-29(15-17-30)20-9-5-3-6-10-20/h3-12,18-19H,2,13-17H2,1H3. The molecule has 1 amide bonds. The molecule has 7 heteroatoms. The first-order valence-electron chi connectivity index (χ1n) is 11.4. The normalized spacial score (nSPS) is 14.1. The van der Waals surface area contributed by atoms with Crippen LogP contribution in [0, 0.1) is 0 Å². The molecule has 0 N–H and O–H groups in total. The maximum atomic E-state index is 13.6. The molecule has 1 fully saturated rings. The van der Waals surface area contributed by atoms with Crippen molar-refractivity contribution in [3.8, 4) is 16.9 Å². The van der Waals surface area contributed by atoms with E-state index in [0.29, 0.717) is 35.6 Å². The Hall–Kier alpha value is -3.87. The van der Waals surface area contributed by atoms with Gasteiger partial charge in [-0.3, -0.25) is 9.59 Å². The van der Waals surface area contributed by atoms with Crippen LogP contribution in [-0.2, 0) is 6.54 Å². The Morgan fingerprint density at radius 1 is 0.879 bits per heavy atom. The molecule has 33 heavy (non-hydrogen) atoms. The number of carbonyl (C=O) groups excluding carboxylic acids is 1. The predicted molar refractivity (Wildman–Crippen MR) is 129 cm³/mol. The van der Waals surface area contributed by atoms with E-state index >= 15 is 0 Å². The van der Waals surface area contributed by atoms with Crippen LogP contribution in [0.3, 0.4) is 0 Å². The van der Waals surface area contributed by atoms with E-state index in [0.717, 1.165) is 26.1 Å². The monoisotopic (exact) mass is 441 g/mol. The van der Waals surface area contributed by atoms with Gasteiger partial charge in [-0.2, -0.15) is 9.78 Å². The number of piperazine rings is 1. The zero-order valence-corrected chi connectivity index (χ0v) is 18.7. The summed E-state index contributed by atoms with van der Waals surface area (Å²) in [6.45, 7) is 5.60. The molecule has 0 saturated carbocycles. The Labute approximate surface area is 192 Å². The third-order valence-electron chi connectivity index (χ3n) is 6.12. The van der Waals surface area contributed by atoms with E-state index in [1.807, 2.05) is 70.4 Å². The highest BCUT2D eigenvalue weighted by Crippen LogP contribution is 2.25. The molecule has 2 aromatic rings. The maximum Gasteiger partial charge on any atom is 0.282 e. The van der Waals surface area contributed by atoms with Crippen LogP contribution in [0.25, 0.3) is 16.9 Å². The van der Waals surface area contributed by atoms with Gasteiger partial charge in [-0.15, -0.1) is 0 Å². The van der Waals surface area contributed by atoms with E-state index in [2.05, 4.69) is 29.1 Å². The van der Waals surface area contributed by atoms with Gasteiger partial charge >= 0.3 is 0 Å². The van der Waals surface area contributed by atoms with Crippen molar-refractivity contribution >= 4 is 11.6 Å². The van der Waals surface area contributed by atoms with Crippen molar-refractivity contribution in [2.75, 3.05) is 31.1 Å². The van der Waals surface area contributed by atoms with Gasteiger partial charge in [0.15, 0.2) is 0 Å². The van der Waals surface area contributed by atoms with Gasteiger partial charge in [0.2, 0.25) is 0 Å². The van der Waals surface area contributed by atoms with Crippen molar-refractivity contribution in [1.29, 1.82) is 0 Å². The number of pyridine rings is 1. The van der Waals surface area contributed by atoms with E-state index in [9.17, 15) is 9.59 Å². The minimum atomic E-state index is -0.204. The number of anilines is 1. The van der Waals surface area contributed by atoms with Crippen LogP contribution < -0.4 is 10.5 Å². The van der Waals surface area contributed by atoms with Crippen LogP contribution in [0.15, 0.2) is 77.9 Å². The summed E-state index contributed by atoms with van der Waals surface area (Å²) in [7, 11) is 0. The molecule has 0 aliphatic carbocycles. The van der Waals surface area contributed by atoms with Crippen molar-refractivity contribution < 1.29 is 4.79 Å². The number of nitrogens with zero attached hydrogens (tertiary/aromatic N) is 5. The van der Waals surface area contributed by atoms with Gasteiger partial charge < -0.3 is 14.4 Å². The summed E-state index contributed by atoms with van der Waals surface area (Å²) in [6.07, 6.45) is 4.57. The number of aromatic nitrogens is 3. The Kier molecular flexibility index (Phi) is 5.69. The first-order chi connectivity index (χ1) is 16.2. The van der Waals surface area contributed by atoms with E-state index in [4.69, 9.17) is 0 Å². The third kappa shape index (κ3) is 4.02. The third-order valence-corrected chi connectivity index (χ3v) is 6.12. The zero-order chi connectivity index (χ0) is 22.8. The van der Waals surface area contributed by atoms with Crippen molar-refractivity contribution in [2.45, 2.75) is 19.9 Å². The van der Waals surface area contributed by atoms with E-state index in [1.54, 1.807) is 0 Å². The molecule has 0 spiro atoms. The number of para-hydroxylation sites is 2. The van der Waals surface area contributed by atoms with Crippen LogP contribution in [0.4, 0.5) is 5.69 Å². The molecule has 3 heterocycles. The summed E-state index contributed by atoms with van der Waals surface area (Å²) in [5.41, 5.74) is 3.08. The lowest BCUT2D eigenvalue weighted by Crippen LogP contribution is -2.49. The maximum absolute atomic E-state index is 13.6. The molecule has 2 aromatic carbocycles. The van der Waals surface area contributed by atoms with Crippen LogP contribution >= 0.6 is 0 Å². The fourth-order valence-corrected chi connectivity index (χ4v) is 4.42. The molecule has 168 valence electrons. The van der Waals surface area contributed by atoms with E-state index in [-0.39, 0.29) is 11.5 Å².